The van der Waals surface area contributed by atoms with Gasteiger partial charge in [-0.25, -0.2) is 0 Å². The molecule has 3 heteroatoms. The van der Waals surface area contributed by atoms with Crippen molar-refractivity contribution < 1.29 is 0 Å². The SMILES string of the molecule is CC(C)N1c2c(Br)cccc2NCC12CC2. The first-order valence-corrected chi connectivity index (χ1v) is 6.75. The summed E-state index contributed by atoms with van der Waals surface area (Å²) in [5.74, 6) is 0. The van der Waals surface area contributed by atoms with Crippen LogP contribution in [-0.2, 0) is 0 Å². The highest BCUT2D eigenvalue weighted by Crippen LogP contribution is 2.52. The van der Waals surface area contributed by atoms with Crippen LogP contribution in [0.1, 0.15) is 26.7 Å². The van der Waals surface area contributed by atoms with Gasteiger partial charge in [0.05, 0.1) is 16.9 Å². The number of halogens is 1. The Morgan fingerprint density at radius 2 is 2.12 bits per heavy atom. The molecule has 3 rings (SSSR count). The Hall–Kier alpha value is -0.700. The first-order chi connectivity index (χ1) is 7.64. The van der Waals surface area contributed by atoms with Crippen molar-refractivity contribution in [1.82, 2.24) is 0 Å². The molecular formula is C13H17BrN2. The van der Waals surface area contributed by atoms with Gasteiger partial charge in [-0.3, -0.25) is 0 Å². The molecule has 16 heavy (non-hydrogen) atoms. The molecular weight excluding hydrogens is 264 g/mol. The van der Waals surface area contributed by atoms with Crippen LogP contribution in [0.15, 0.2) is 22.7 Å². The van der Waals surface area contributed by atoms with E-state index in [-0.39, 0.29) is 0 Å². The van der Waals surface area contributed by atoms with E-state index in [1.165, 1.54) is 28.7 Å². The largest absolute Gasteiger partial charge is 0.381 e. The lowest BCUT2D eigenvalue weighted by atomic mass is 10.0. The van der Waals surface area contributed by atoms with Gasteiger partial charge in [0, 0.05) is 17.1 Å². The van der Waals surface area contributed by atoms with E-state index in [2.05, 4.69) is 58.2 Å². The van der Waals surface area contributed by atoms with E-state index in [0.29, 0.717) is 11.6 Å². The number of anilines is 2. The molecule has 1 fully saturated rings. The van der Waals surface area contributed by atoms with Crippen molar-refractivity contribution in [2.45, 2.75) is 38.3 Å². The molecule has 0 radical (unpaired) electrons. The van der Waals surface area contributed by atoms with Crippen LogP contribution >= 0.6 is 15.9 Å². The van der Waals surface area contributed by atoms with Crippen LogP contribution in [0.2, 0.25) is 0 Å². The van der Waals surface area contributed by atoms with Crippen molar-refractivity contribution in [1.29, 1.82) is 0 Å². The number of hydrogen-bond donors (Lipinski definition) is 1. The van der Waals surface area contributed by atoms with Gasteiger partial charge < -0.3 is 10.2 Å². The molecule has 1 aromatic carbocycles. The molecule has 1 aromatic rings. The highest BCUT2D eigenvalue weighted by molar-refractivity contribution is 9.10. The van der Waals surface area contributed by atoms with Gasteiger partial charge in [0.1, 0.15) is 0 Å². The summed E-state index contributed by atoms with van der Waals surface area (Å²) in [4.78, 5) is 2.60. The van der Waals surface area contributed by atoms with Crippen LogP contribution in [0.5, 0.6) is 0 Å². The molecule has 2 aliphatic rings. The summed E-state index contributed by atoms with van der Waals surface area (Å²) in [5, 5.41) is 3.57. The zero-order chi connectivity index (χ0) is 11.3. The number of fused-ring (bicyclic) bond motifs is 1. The van der Waals surface area contributed by atoms with Crippen molar-refractivity contribution in [3.05, 3.63) is 22.7 Å². The van der Waals surface area contributed by atoms with E-state index in [1.54, 1.807) is 0 Å². The maximum atomic E-state index is 3.69. The number of hydrogen-bond acceptors (Lipinski definition) is 2. The van der Waals surface area contributed by atoms with Crippen LogP contribution in [0.3, 0.4) is 0 Å². The zero-order valence-electron chi connectivity index (χ0n) is 9.76. The fourth-order valence-corrected chi connectivity index (χ4v) is 3.41. The Morgan fingerprint density at radius 1 is 1.38 bits per heavy atom. The monoisotopic (exact) mass is 280 g/mol. The minimum atomic E-state index is 0.394. The summed E-state index contributed by atoms with van der Waals surface area (Å²) >= 11 is 3.69. The Morgan fingerprint density at radius 3 is 2.75 bits per heavy atom. The molecule has 1 heterocycles. The number of nitrogens with zero attached hydrogens (tertiary/aromatic N) is 1. The van der Waals surface area contributed by atoms with Gasteiger partial charge in [-0.2, -0.15) is 0 Å². The van der Waals surface area contributed by atoms with Gasteiger partial charge in [0.25, 0.3) is 0 Å². The molecule has 1 saturated carbocycles. The van der Waals surface area contributed by atoms with E-state index in [4.69, 9.17) is 0 Å². The third-order valence-corrected chi connectivity index (χ3v) is 4.33. The Balaban J connectivity index is 2.14. The molecule has 0 saturated heterocycles. The second-order valence-electron chi connectivity index (χ2n) is 5.18. The smallest absolute Gasteiger partial charge is 0.0753 e. The quantitative estimate of drug-likeness (QED) is 0.845. The van der Waals surface area contributed by atoms with Crippen LogP contribution in [0.25, 0.3) is 0 Å². The summed E-state index contributed by atoms with van der Waals surface area (Å²) in [6.45, 7) is 5.66. The summed E-state index contributed by atoms with van der Waals surface area (Å²) in [5.41, 5.74) is 3.01. The highest BCUT2D eigenvalue weighted by Gasteiger charge is 2.51. The third kappa shape index (κ3) is 1.37. The molecule has 0 amide bonds. The van der Waals surface area contributed by atoms with Crippen LogP contribution in [-0.4, -0.2) is 18.1 Å². The fourth-order valence-electron chi connectivity index (χ4n) is 2.85. The van der Waals surface area contributed by atoms with Gasteiger partial charge in [-0.15, -0.1) is 0 Å². The van der Waals surface area contributed by atoms with Crippen molar-refractivity contribution in [2.75, 3.05) is 16.8 Å². The molecule has 86 valence electrons. The summed E-state index contributed by atoms with van der Waals surface area (Å²) in [6.07, 6.45) is 2.64. The predicted octanol–water partition coefficient (Wildman–Crippen LogP) is 3.62. The van der Waals surface area contributed by atoms with Gasteiger partial charge >= 0.3 is 0 Å². The molecule has 0 atom stereocenters. The van der Waals surface area contributed by atoms with Crippen LogP contribution in [0.4, 0.5) is 11.4 Å². The van der Waals surface area contributed by atoms with E-state index in [1.807, 2.05) is 0 Å². The predicted molar refractivity (Wildman–Crippen MR) is 72.2 cm³/mol. The lowest BCUT2D eigenvalue weighted by Crippen LogP contribution is -2.50. The number of para-hydroxylation sites is 1. The molecule has 1 N–H and O–H groups in total. The molecule has 0 aromatic heterocycles. The second-order valence-corrected chi connectivity index (χ2v) is 6.03. The standard InChI is InChI=1S/C13H17BrN2/c1-9(2)16-12-10(14)4-3-5-11(12)15-8-13(16)6-7-13/h3-5,9,15H,6-8H2,1-2H3. The molecule has 2 nitrogen and oxygen atoms in total. The lowest BCUT2D eigenvalue weighted by Gasteiger charge is -2.43. The van der Waals surface area contributed by atoms with Gasteiger partial charge in [-0.1, -0.05) is 6.07 Å². The van der Waals surface area contributed by atoms with Crippen molar-refractivity contribution in [2.24, 2.45) is 0 Å². The maximum Gasteiger partial charge on any atom is 0.0753 e. The molecule has 0 unspecified atom stereocenters. The minimum Gasteiger partial charge on any atom is -0.381 e. The average Bonchev–Trinajstić information content (AvgIpc) is 2.99. The molecule has 1 aliphatic carbocycles. The molecule has 1 spiro atoms. The minimum absolute atomic E-state index is 0.394. The first kappa shape index (κ1) is 10.5. The fraction of sp³-hybridized carbons (Fsp3) is 0.538. The van der Waals surface area contributed by atoms with Crippen LogP contribution in [0, 0.1) is 0 Å². The zero-order valence-corrected chi connectivity index (χ0v) is 11.3. The van der Waals surface area contributed by atoms with E-state index in [9.17, 15) is 0 Å². The molecule has 1 aliphatic heterocycles. The number of rotatable bonds is 1. The lowest BCUT2D eigenvalue weighted by molar-refractivity contribution is 0.537. The average molecular weight is 281 g/mol. The van der Waals surface area contributed by atoms with Gasteiger partial charge in [0.15, 0.2) is 0 Å². The first-order valence-electron chi connectivity index (χ1n) is 5.96. The third-order valence-electron chi connectivity index (χ3n) is 3.69. The Labute approximate surface area is 105 Å². The number of nitrogens with one attached hydrogen (secondary N) is 1. The highest BCUT2D eigenvalue weighted by atomic mass is 79.9. The number of benzene rings is 1. The maximum absolute atomic E-state index is 3.69. The van der Waals surface area contributed by atoms with Crippen LogP contribution < -0.4 is 10.2 Å². The van der Waals surface area contributed by atoms with E-state index >= 15 is 0 Å². The van der Waals surface area contributed by atoms with E-state index < -0.39 is 0 Å². The van der Waals surface area contributed by atoms with Crippen molar-refractivity contribution in [3.8, 4) is 0 Å². The summed E-state index contributed by atoms with van der Waals surface area (Å²) in [7, 11) is 0. The van der Waals surface area contributed by atoms with Gasteiger partial charge in [-0.05, 0) is 54.8 Å². The second kappa shape index (κ2) is 3.39. The van der Waals surface area contributed by atoms with Crippen molar-refractivity contribution >= 4 is 27.3 Å². The summed E-state index contributed by atoms with van der Waals surface area (Å²) in [6, 6.07) is 6.96. The van der Waals surface area contributed by atoms with Gasteiger partial charge in [0.2, 0.25) is 0 Å². The topological polar surface area (TPSA) is 15.3 Å². The van der Waals surface area contributed by atoms with E-state index in [0.717, 1.165) is 6.54 Å². The Bertz CT molecular complexity index is 424. The van der Waals surface area contributed by atoms with Crippen molar-refractivity contribution in [3.63, 3.8) is 0 Å². The normalized spacial score (nSPS) is 20.9. The summed E-state index contributed by atoms with van der Waals surface area (Å²) < 4.78 is 1.21. The molecule has 0 bridgehead atoms. The Kier molecular flexibility index (Phi) is 2.22.